The molecule has 0 aromatic rings. The fourth-order valence-corrected chi connectivity index (χ4v) is 1.47. The topological polar surface area (TPSA) is 9.23 Å². The predicted molar refractivity (Wildman–Crippen MR) is 50.9 cm³/mol. The lowest BCUT2D eigenvalue weighted by Gasteiger charge is -2.20. The minimum Gasteiger partial charge on any atom is -0.377 e. The molecule has 0 saturated carbocycles. The smallest absolute Gasteiger partial charge is 0.0795 e. The van der Waals surface area contributed by atoms with E-state index in [0.717, 1.165) is 11.3 Å². The molecule has 0 bridgehead atoms. The Hall–Kier alpha value is -0.210. The van der Waals surface area contributed by atoms with Gasteiger partial charge in [0.2, 0.25) is 0 Å². The average Bonchev–Trinajstić information content (AvgIpc) is 1.99. The molecule has 1 nitrogen and oxygen atoms in total. The van der Waals surface area contributed by atoms with Crippen LogP contribution in [0, 0.1) is 0 Å². The fourth-order valence-electron chi connectivity index (χ4n) is 1.30. The maximum atomic E-state index is 5.24. The highest BCUT2D eigenvalue weighted by Crippen LogP contribution is 2.28. The van der Waals surface area contributed by atoms with E-state index in [9.17, 15) is 0 Å². The van der Waals surface area contributed by atoms with Crippen molar-refractivity contribution in [3.8, 4) is 0 Å². The van der Waals surface area contributed by atoms with Crippen LogP contribution in [0.4, 0.5) is 0 Å². The summed E-state index contributed by atoms with van der Waals surface area (Å²) < 4.78 is 5.24. The third-order valence-electron chi connectivity index (χ3n) is 2.02. The van der Waals surface area contributed by atoms with Gasteiger partial charge in [0.1, 0.15) is 0 Å². The fraction of sp³-hybridized carbons (Fsp3) is 0.556. The monoisotopic (exact) mass is 170 g/mol. The molecule has 0 spiro atoms. The average molecular weight is 170 g/mol. The van der Waals surface area contributed by atoms with Crippen molar-refractivity contribution in [2.45, 2.75) is 26.4 Å². The molecule has 1 aliphatic carbocycles. The molecule has 0 amide bonds. The van der Waals surface area contributed by atoms with Gasteiger partial charge in [0.15, 0.2) is 0 Å². The number of thiol groups is 1. The predicted octanol–water partition coefficient (Wildman–Crippen LogP) is 2.56. The Morgan fingerprint density at radius 1 is 1.55 bits per heavy atom. The van der Waals surface area contributed by atoms with Gasteiger partial charge in [-0.15, -0.1) is 12.6 Å². The molecule has 0 radical (unpaired) electrons. The van der Waals surface area contributed by atoms with E-state index in [4.69, 9.17) is 4.74 Å². The molecule has 1 unspecified atom stereocenters. The lowest BCUT2D eigenvalue weighted by molar-refractivity contribution is 0.139. The van der Waals surface area contributed by atoms with Crippen LogP contribution in [0.2, 0.25) is 0 Å². The highest BCUT2D eigenvalue weighted by molar-refractivity contribution is 7.84. The SMILES string of the molecule is COC1C=C(C)C(S)=C(C)C1. The maximum Gasteiger partial charge on any atom is 0.0795 e. The summed E-state index contributed by atoms with van der Waals surface area (Å²) in [5.41, 5.74) is 2.55. The Bertz CT molecular complexity index is 216. The van der Waals surface area contributed by atoms with Crippen molar-refractivity contribution in [1.82, 2.24) is 0 Å². The standard InChI is InChI=1S/C9H14OS/c1-6-4-8(10-3)5-7(2)9(6)11/h4,8,11H,5H2,1-3H3. The summed E-state index contributed by atoms with van der Waals surface area (Å²) in [5.74, 6) is 0. The molecule has 0 aromatic heterocycles. The first-order valence-corrected chi connectivity index (χ1v) is 4.20. The summed E-state index contributed by atoms with van der Waals surface area (Å²) in [7, 11) is 1.74. The zero-order chi connectivity index (χ0) is 8.43. The lowest BCUT2D eigenvalue weighted by atomic mass is 9.99. The molecule has 0 aromatic carbocycles. The van der Waals surface area contributed by atoms with Crippen LogP contribution < -0.4 is 0 Å². The summed E-state index contributed by atoms with van der Waals surface area (Å²) in [4.78, 5) is 1.12. The molecular weight excluding hydrogens is 156 g/mol. The molecule has 0 saturated heterocycles. The van der Waals surface area contributed by atoms with Gasteiger partial charge in [0.05, 0.1) is 6.10 Å². The van der Waals surface area contributed by atoms with Gasteiger partial charge in [0, 0.05) is 12.0 Å². The number of rotatable bonds is 1. The van der Waals surface area contributed by atoms with E-state index >= 15 is 0 Å². The molecule has 62 valence electrons. The number of ether oxygens (including phenoxy) is 1. The summed E-state index contributed by atoms with van der Waals surface area (Å²) in [6, 6.07) is 0. The first-order valence-electron chi connectivity index (χ1n) is 3.75. The largest absolute Gasteiger partial charge is 0.377 e. The van der Waals surface area contributed by atoms with Crippen LogP contribution in [-0.2, 0) is 4.74 Å². The quantitative estimate of drug-likeness (QED) is 0.595. The van der Waals surface area contributed by atoms with Gasteiger partial charge in [0.25, 0.3) is 0 Å². The second-order valence-electron chi connectivity index (χ2n) is 2.96. The second-order valence-corrected chi connectivity index (χ2v) is 3.40. The highest BCUT2D eigenvalue weighted by Gasteiger charge is 2.14. The third-order valence-corrected chi connectivity index (χ3v) is 2.76. The first-order chi connectivity index (χ1) is 5.15. The van der Waals surface area contributed by atoms with Crippen molar-refractivity contribution < 1.29 is 4.74 Å². The Balaban J connectivity index is 2.82. The Morgan fingerprint density at radius 2 is 2.18 bits per heavy atom. The van der Waals surface area contributed by atoms with Crippen molar-refractivity contribution >= 4 is 12.6 Å². The first kappa shape index (κ1) is 8.88. The minimum absolute atomic E-state index is 0.255. The molecule has 1 atom stereocenters. The Morgan fingerprint density at radius 3 is 2.64 bits per heavy atom. The second kappa shape index (κ2) is 3.46. The van der Waals surface area contributed by atoms with Crippen molar-refractivity contribution in [1.29, 1.82) is 0 Å². The van der Waals surface area contributed by atoms with Crippen LogP contribution in [0.1, 0.15) is 20.3 Å². The van der Waals surface area contributed by atoms with Crippen LogP contribution in [0.25, 0.3) is 0 Å². The van der Waals surface area contributed by atoms with E-state index in [1.807, 2.05) is 0 Å². The molecule has 1 aliphatic rings. The zero-order valence-electron chi connectivity index (χ0n) is 7.22. The minimum atomic E-state index is 0.255. The van der Waals surface area contributed by atoms with Gasteiger partial charge in [-0.1, -0.05) is 11.6 Å². The maximum absolute atomic E-state index is 5.24. The summed E-state index contributed by atoms with van der Waals surface area (Å²) in [6.07, 6.45) is 3.35. The summed E-state index contributed by atoms with van der Waals surface area (Å²) >= 11 is 4.39. The van der Waals surface area contributed by atoms with E-state index in [-0.39, 0.29) is 6.10 Å². The van der Waals surface area contributed by atoms with E-state index in [2.05, 4.69) is 32.6 Å². The number of allylic oxidation sites excluding steroid dienone is 1. The molecule has 1 rings (SSSR count). The van der Waals surface area contributed by atoms with E-state index in [1.54, 1.807) is 7.11 Å². The van der Waals surface area contributed by atoms with Gasteiger partial charge in [-0.3, -0.25) is 0 Å². The van der Waals surface area contributed by atoms with Gasteiger partial charge >= 0.3 is 0 Å². The van der Waals surface area contributed by atoms with Gasteiger partial charge in [-0.2, -0.15) is 0 Å². The molecule has 0 fully saturated rings. The Labute approximate surface area is 73.5 Å². The van der Waals surface area contributed by atoms with Crippen molar-refractivity contribution in [2.75, 3.05) is 7.11 Å². The molecule has 0 N–H and O–H groups in total. The van der Waals surface area contributed by atoms with E-state index < -0.39 is 0 Å². The van der Waals surface area contributed by atoms with Crippen molar-refractivity contribution in [2.24, 2.45) is 0 Å². The third kappa shape index (κ3) is 1.88. The van der Waals surface area contributed by atoms with Crippen LogP contribution in [0.3, 0.4) is 0 Å². The van der Waals surface area contributed by atoms with E-state index in [0.29, 0.717) is 0 Å². The van der Waals surface area contributed by atoms with Crippen LogP contribution in [0.5, 0.6) is 0 Å². The molecule has 0 heterocycles. The number of hydrogen-bond donors (Lipinski definition) is 1. The normalized spacial score (nSPS) is 25.5. The zero-order valence-corrected chi connectivity index (χ0v) is 8.11. The molecule has 0 aliphatic heterocycles. The Kier molecular flexibility index (Phi) is 2.79. The molecule has 2 heteroatoms. The van der Waals surface area contributed by atoms with E-state index in [1.165, 1.54) is 11.1 Å². The van der Waals surface area contributed by atoms with Crippen LogP contribution in [-0.4, -0.2) is 13.2 Å². The lowest BCUT2D eigenvalue weighted by Crippen LogP contribution is -2.12. The number of methoxy groups -OCH3 is 1. The van der Waals surface area contributed by atoms with Crippen molar-refractivity contribution in [3.63, 3.8) is 0 Å². The van der Waals surface area contributed by atoms with Crippen LogP contribution >= 0.6 is 12.6 Å². The molecule has 11 heavy (non-hydrogen) atoms. The summed E-state index contributed by atoms with van der Waals surface area (Å²) in [6.45, 7) is 4.17. The van der Waals surface area contributed by atoms with Gasteiger partial charge in [-0.05, 0) is 25.8 Å². The van der Waals surface area contributed by atoms with Crippen LogP contribution in [0.15, 0.2) is 22.1 Å². The number of hydrogen-bond acceptors (Lipinski definition) is 2. The van der Waals surface area contributed by atoms with Gasteiger partial charge < -0.3 is 4.74 Å². The van der Waals surface area contributed by atoms with Gasteiger partial charge in [-0.25, -0.2) is 0 Å². The molecular formula is C9H14OS. The summed E-state index contributed by atoms with van der Waals surface area (Å²) in [5, 5.41) is 0. The highest BCUT2D eigenvalue weighted by atomic mass is 32.1. The van der Waals surface area contributed by atoms with Crippen molar-refractivity contribution in [3.05, 3.63) is 22.1 Å².